The summed E-state index contributed by atoms with van der Waals surface area (Å²) in [6, 6.07) is 7.82. The Bertz CT molecular complexity index is 729. The summed E-state index contributed by atoms with van der Waals surface area (Å²) in [4.78, 5) is 12.7. The minimum atomic E-state index is -0.379. The molecular weight excluding hydrogens is 260 g/mol. The molecule has 0 saturated heterocycles. The third-order valence-electron chi connectivity index (χ3n) is 4.27. The van der Waals surface area contributed by atoms with Gasteiger partial charge in [0.15, 0.2) is 0 Å². The Hall–Kier alpha value is -1.87. The molecule has 1 aromatic carbocycles. The second-order valence-electron chi connectivity index (χ2n) is 5.75. The lowest BCUT2D eigenvalue weighted by atomic mass is 9.94. The second-order valence-corrected chi connectivity index (χ2v) is 5.75. The van der Waals surface area contributed by atoms with E-state index in [2.05, 4.69) is 26.0 Å². The van der Waals surface area contributed by atoms with E-state index >= 15 is 0 Å². The van der Waals surface area contributed by atoms with Crippen molar-refractivity contribution in [2.45, 2.75) is 47.2 Å². The maximum atomic E-state index is 12.7. The van der Waals surface area contributed by atoms with Crippen molar-refractivity contribution in [3.63, 3.8) is 0 Å². The fraction of sp³-hybridized carbons (Fsp3) is 0.389. The molecule has 2 rings (SSSR count). The summed E-state index contributed by atoms with van der Waals surface area (Å²) >= 11 is 0. The molecule has 1 atom stereocenters. The van der Waals surface area contributed by atoms with Crippen molar-refractivity contribution in [1.82, 2.24) is 4.57 Å². The van der Waals surface area contributed by atoms with Gasteiger partial charge in [0, 0.05) is 17.8 Å². The van der Waals surface area contributed by atoms with Crippen LogP contribution in [0.3, 0.4) is 0 Å². The Morgan fingerprint density at radius 3 is 2.29 bits per heavy atom. The van der Waals surface area contributed by atoms with Gasteiger partial charge in [-0.05, 0) is 62.9 Å². The highest BCUT2D eigenvalue weighted by Gasteiger charge is 2.18. The van der Waals surface area contributed by atoms with E-state index in [1.54, 1.807) is 4.57 Å². The highest BCUT2D eigenvalue weighted by atomic mass is 16.1. The van der Waals surface area contributed by atoms with E-state index in [1.165, 1.54) is 11.1 Å². The monoisotopic (exact) mass is 284 g/mol. The molecule has 0 radical (unpaired) electrons. The number of benzene rings is 1. The van der Waals surface area contributed by atoms with E-state index in [4.69, 9.17) is 5.73 Å². The topological polar surface area (TPSA) is 48.0 Å². The molecule has 0 fully saturated rings. The van der Waals surface area contributed by atoms with Crippen LogP contribution < -0.4 is 11.3 Å². The van der Waals surface area contributed by atoms with E-state index in [9.17, 15) is 4.79 Å². The van der Waals surface area contributed by atoms with E-state index in [0.717, 1.165) is 16.8 Å². The standard InChI is InChI=1S/C18H24N2O/c1-6-20-14(5)9-13(4)16(18(20)21)17(19)15-8-7-11(2)12(3)10-15/h7-10,17H,6,19H2,1-5H3. The van der Waals surface area contributed by atoms with Crippen molar-refractivity contribution < 1.29 is 0 Å². The molecular formula is C18H24N2O. The molecule has 1 unspecified atom stereocenters. The lowest BCUT2D eigenvalue weighted by molar-refractivity contribution is 0.674. The number of aryl methyl sites for hydroxylation is 4. The number of aromatic nitrogens is 1. The van der Waals surface area contributed by atoms with Gasteiger partial charge in [0.25, 0.3) is 5.56 Å². The summed E-state index contributed by atoms with van der Waals surface area (Å²) in [5.74, 6) is 0. The van der Waals surface area contributed by atoms with Gasteiger partial charge in [0.05, 0.1) is 6.04 Å². The number of nitrogens with two attached hydrogens (primary N) is 1. The van der Waals surface area contributed by atoms with Crippen LogP contribution in [0.25, 0.3) is 0 Å². The Kier molecular flexibility index (Phi) is 4.33. The van der Waals surface area contributed by atoms with Gasteiger partial charge in [0.1, 0.15) is 0 Å². The molecule has 21 heavy (non-hydrogen) atoms. The van der Waals surface area contributed by atoms with Crippen LogP contribution in [0, 0.1) is 27.7 Å². The van der Waals surface area contributed by atoms with Gasteiger partial charge in [-0.25, -0.2) is 0 Å². The molecule has 0 amide bonds. The summed E-state index contributed by atoms with van der Waals surface area (Å²) < 4.78 is 1.78. The maximum Gasteiger partial charge on any atom is 0.256 e. The minimum absolute atomic E-state index is 0.0285. The molecule has 2 aromatic rings. The average molecular weight is 284 g/mol. The van der Waals surface area contributed by atoms with Crippen LogP contribution in [-0.2, 0) is 6.54 Å². The first kappa shape index (κ1) is 15.5. The number of nitrogens with zero attached hydrogens (tertiary/aromatic N) is 1. The van der Waals surface area contributed by atoms with Crippen molar-refractivity contribution in [3.8, 4) is 0 Å². The molecule has 0 aliphatic carbocycles. The van der Waals surface area contributed by atoms with Gasteiger partial charge in [-0.3, -0.25) is 4.79 Å². The van der Waals surface area contributed by atoms with E-state index in [-0.39, 0.29) is 11.6 Å². The van der Waals surface area contributed by atoms with Crippen LogP contribution in [0.5, 0.6) is 0 Å². The largest absolute Gasteiger partial charge is 0.320 e. The summed E-state index contributed by atoms with van der Waals surface area (Å²) in [5, 5.41) is 0. The van der Waals surface area contributed by atoms with E-state index in [1.807, 2.05) is 32.9 Å². The lowest BCUT2D eigenvalue weighted by Gasteiger charge is -2.19. The zero-order valence-corrected chi connectivity index (χ0v) is 13.5. The van der Waals surface area contributed by atoms with Gasteiger partial charge in [0.2, 0.25) is 0 Å². The molecule has 0 bridgehead atoms. The maximum absolute atomic E-state index is 12.7. The van der Waals surface area contributed by atoms with Crippen LogP contribution >= 0.6 is 0 Å². The summed E-state index contributed by atoms with van der Waals surface area (Å²) in [6.45, 7) is 10.7. The first-order valence-corrected chi connectivity index (χ1v) is 7.40. The minimum Gasteiger partial charge on any atom is -0.320 e. The summed E-state index contributed by atoms with van der Waals surface area (Å²) in [5.41, 5.74) is 12.5. The molecule has 0 spiro atoms. The third kappa shape index (κ3) is 2.79. The van der Waals surface area contributed by atoms with Gasteiger partial charge in [-0.1, -0.05) is 18.2 Å². The highest BCUT2D eigenvalue weighted by Crippen LogP contribution is 2.22. The molecule has 3 heteroatoms. The van der Waals surface area contributed by atoms with Crippen LogP contribution in [0.1, 0.15) is 46.5 Å². The van der Waals surface area contributed by atoms with Gasteiger partial charge < -0.3 is 10.3 Å². The third-order valence-corrected chi connectivity index (χ3v) is 4.27. The molecule has 1 heterocycles. The van der Waals surface area contributed by atoms with Crippen molar-refractivity contribution in [2.24, 2.45) is 5.73 Å². The van der Waals surface area contributed by atoms with Gasteiger partial charge >= 0.3 is 0 Å². The number of hydrogen-bond acceptors (Lipinski definition) is 2. The van der Waals surface area contributed by atoms with E-state index in [0.29, 0.717) is 12.1 Å². The molecule has 0 saturated carbocycles. The van der Waals surface area contributed by atoms with Crippen molar-refractivity contribution in [1.29, 1.82) is 0 Å². The van der Waals surface area contributed by atoms with Gasteiger partial charge in [-0.15, -0.1) is 0 Å². The first-order chi connectivity index (χ1) is 9.86. The average Bonchev–Trinajstić information content (AvgIpc) is 2.41. The predicted molar refractivity (Wildman–Crippen MR) is 87.8 cm³/mol. The lowest BCUT2D eigenvalue weighted by Crippen LogP contribution is -2.31. The smallest absolute Gasteiger partial charge is 0.256 e. The molecule has 1 aromatic heterocycles. The zero-order valence-electron chi connectivity index (χ0n) is 13.5. The van der Waals surface area contributed by atoms with Crippen molar-refractivity contribution in [3.05, 3.63) is 68.1 Å². The molecule has 0 aliphatic heterocycles. The highest BCUT2D eigenvalue weighted by molar-refractivity contribution is 5.39. The van der Waals surface area contributed by atoms with Crippen LogP contribution in [-0.4, -0.2) is 4.57 Å². The Morgan fingerprint density at radius 1 is 1.05 bits per heavy atom. The van der Waals surface area contributed by atoms with Crippen LogP contribution in [0.4, 0.5) is 0 Å². The number of pyridine rings is 1. The Balaban J connectivity index is 2.60. The quantitative estimate of drug-likeness (QED) is 0.941. The predicted octanol–water partition coefficient (Wildman–Crippen LogP) is 3.15. The molecule has 112 valence electrons. The normalized spacial score (nSPS) is 12.5. The fourth-order valence-electron chi connectivity index (χ4n) is 2.84. The summed E-state index contributed by atoms with van der Waals surface area (Å²) in [6.07, 6.45) is 0. The fourth-order valence-corrected chi connectivity index (χ4v) is 2.84. The van der Waals surface area contributed by atoms with Crippen LogP contribution in [0.2, 0.25) is 0 Å². The van der Waals surface area contributed by atoms with Crippen LogP contribution in [0.15, 0.2) is 29.1 Å². The Labute approximate surface area is 126 Å². The molecule has 3 nitrogen and oxygen atoms in total. The molecule has 2 N–H and O–H groups in total. The second kappa shape index (κ2) is 5.86. The first-order valence-electron chi connectivity index (χ1n) is 7.40. The SMILES string of the molecule is CCn1c(C)cc(C)c(C(N)c2ccc(C)c(C)c2)c1=O. The van der Waals surface area contributed by atoms with Gasteiger partial charge in [-0.2, -0.15) is 0 Å². The number of rotatable bonds is 3. The number of hydrogen-bond donors (Lipinski definition) is 1. The molecule has 0 aliphatic rings. The van der Waals surface area contributed by atoms with Crippen molar-refractivity contribution in [2.75, 3.05) is 0 Å². The Morgan fingerprint density at radius 2 is 1.71 bits per heavy atom. The zero-order chi connectivity index (χ0) is 15.7. The van der Waals surface area contributed by atoms with E-state index < -0.39 is 0 Å². The van der Waals surface area contributed by atoms with Crippen molar-refractivity contribution >= 4 is 0 Å². The summed E-state index contributed by atoms with van der Waals surface area (Å²) in [7, 11) is 0.